The Hall–Kier alpha value is -2.69. The van der Waals surface area contributed by atoms with Crippen LogP contribution in [0.25, 0.3) is 0 Å². The average Bonchev–Trinajstić information content (AvgIpc) is 2.51. The van der Waals surface area contributed by atoms with E-state index >= 15 is 0 Å². The van der Waals surface area contributed by atoms with Crippen molar-refractivity contribution in [1.82, 2.24) is 0 Å². The normalized spacial score (nSPS) is 15.2. The summed E-state index contributed by atoms with van der Waals surface area (Å²) in [5.74, 6) is -0.163. The molecule has 120 valence electrons. The molecule has 0 bridgehead atoms. The molecule has 2 aromatic rings. The Morgan fingerprint density at radius 1 is 1.09 bits per heavy atom. The number of hydrogen-bond acceptors (Lipinski definition) is 5. The highest BCUT2D eigenvalue weighted by Crippen LogP contribution is 2.40. The SMILES string of the molecule is COc1cc(OCc2ccccc2)c2c(c1)OC(C)(C)OC2=O. The lowest BCUT2D eigenvalue weighted by Gasteiger charge is -2.32. The second kappa shape index (κ2) is 5.83. The molecule has 0 radical (unpaired) electrons. The number of hydrogen-bond donors (Lipinski definition) is 0. The second-order valence-corrected chi connectivity index (χ2v) is 5.66. The van der Waals surface area contributed by atoms with Crippen molar-refractivity contribution in [2.75, 3.05) is 7.11 Å². The molecule has 1 heterocycles. The molecule has 0 amide bonds. The summed E-state index contributed by atoms with van der Waals surface area (Å²) in [6.45, 7) is 3.69. The molecule has 0 saturated carbocycles. The predicted molar refractivity (Wildman–Crippen MR) is 83.9 cm³/mol. The van der Waals surface area contributed by atoms with Gasteiger partial charge in [-0.15, -0.1) is 0 Å². The van der Waals surface area contributed by atoms with E-state index in [4.69, 9.17) is 18.9 Å². The van der Waals surface area contributed by atoms with Crippen LogP contribution >= 0.6 is 0 Å². The van der Waals surface area contributed by atoms with Gasteiger partial charge in [-0.1, -0.05) is 30.3 Å². The molecule has 5 nitrogen and oxygen atoms in total. The minimum absolute atomic E-state index is 0.279. The molecule has 0 fully saturated rings. The zero-order valence-electron chi connectivity index (χ0n) is 13.3. The molecule has 0 saturated heterocycles. The van der Waals surface area contributed by atoms with Crippen LogP contribution in [0.3, 0.4) is 0 Å². The maximum Gasteiger partial charge on any atom is 0.349 e. The van der Waals surface area contributed by atoms with Crippen molar-refractivity contribution in [3.63, 3.8) is 0 Å². The Kier molecular flexibility index (Phi) is 3.86. The van der Waals surface area contributed by atoms with Crippen molar-refractivity contribution < 1.29 is 23.7 Å². The molecule has 5 heteroatoms. The van der Waals surface area contributed by atoms with Gasteiger partial charge in [-0.2, -0.15) is 0 Å². The summed E-state index contributed by atoms with van der Waals surface area (Å²) in [6.07, 6.45) is 0. The van der Waals surface area contributed by atoms with Crippen LogP contribution in [0.4, 0.5) is 0 Å². The fourth-order valence-corrected chi connectivity index (χ4v) is 2.37. The van der Waals surface area contributed by atoms with Crippen LogP contribution in [0.15, 0.2) is 42.5 Å². The Morgan fingerprint density at radius 3 is 2.52 bits per heavy atom. The topological polar surface area (TPSA) is 54.0 Å². The molecule has 1 aliphatic heterocycles. The minimum atomic E-state index is -1.02. The maximum absolute atomic E-state index is 12.3. The van der Waals surface area contributed by atoms with E-state index in [9.17, 15) is 4.79 Å². The molecule has 0 aliphatic carbocycles. The third-order valence-corrected chi connectivity index (χ3v) is 3.41. The summed E-state index contributed by atoms with van der Waals surface area (Å²) in [5, 5.41) is 0. The van der Waals surface area contributed by atoms with E-state index in [0.717, 1.165) is 5.56 Å². The van der Waals surface area contributed by atoms with Gasteiger partial charge < -0.3 is 18.9 Å². The summed E-state index contributed by atoms with van der Waals surface area (Å²) < 4.78 is 22.1. The summed E-state index contributed by atoms with van der Waals surface area (Å²) >= 11 is 0. The van der Waals surface area contributed by atoms with Gasteiger partial charge in [-0.3, -0.25) is 0 Å². The van der Waals surface area contributed by atoms with Gasteiger partial charge in [-0.05, 0) is 5.56 Å². The van der Waals surface area contributed by atoms with Crippen molar-refractivity contribution in [3.05, 3.63) is 53.6 Å². The maximum atomic E-state index is 12.3. The number of cyclic esters (lactones) is 1. The Balaban J connectivity index is 1.95. The molecular weight excluding hydrogens is 296 g/mol. The molecular formula is C18H18O5. The third-order valence-electron chi connectivity index (χ3n) is 3.41. The van der Waals surface area contributed by atoms with Crippen LogP contribution in [-0.4, -0.2) is 18.9 Å². The smallest absolute Gasteiger partial charge is 0.349 e. The van der Waals surface area contributed by atoms with E-state index in [1.54, 1.807) is 33.1 Å². The molecule has 1 aliphatic rings. The van der Waals surface area contributed by atoms with Crippen molar-refractivity contribution in [2.24, 2.45) is 0 Å². The third kappa shape index (κ3) is 3.23. The van der Waals surface area contributed by atoms with Crippen LogP contribution in [0, 0.1) is 0 Å². The Labute approximate surface area is 134 Å². The van der Waals surface area contributed by atoms with Crippen LogP contribution < -0.4 is 14.2 Å². The number of carbonyl (C=O) groups excluding carboxylic acids is 1. The number of rotatable bonds is 4. The van der Waals surface area contributed by atoms with Gasteiger partial charge in [0, 0.05) is 26.0 Å². The van der Waals surface area contributed by atoms with E-state index in [2.05, 4.69) is 0 Å². The van der Waals surface area contributed by atoms with Crippen molar-refractivity contribution >= 4 is 5.97 Å². The largest absolute Gasteiger partial charge is 0.496 e. The lowest BCUT2D eigenvalue weighted by molar-refractivity contribution is -0.127. The quantitative estimate of drug-likeness (QED) is 0.808. The predicted octanol–water partition coefficient (Wildman–Crippen LogP) is 3.56. The lowest BCUT2D eigenvalue weighted by Crippen LogP contribution is -2.39. The van der Waals surface area contributed by atoms with E-state index in [1.807, 2.05) is 30.3 Å². The highest BCUT2D eigenvalue weighted by molar-refractivity contribution is 5.97. The molecule has 23 heavy (non-hydrogen) atoms. The van der Waals surface area contributed by atoms with Crippen LogP contribution in [0.5, 0.6) is 17.2 Å². The van der Waals surface area contributed by atoms with Gasteiger partial charge >= 0.3 is 5.97 Å². The summed E-state index contributed by atoms with van der Waals surface area (Å²) in [7, 11) is 1.55. The average molecular weight is 314 g/mol. The van der Waals surface area contributed by atoms with Crippen molar-refractivity contribution in [1.29, 1.82) is 0 Å². The van der Waals surface area contributed by atoms with Gasteiger partial charge in [0.05, 0.1) is 7.11 Å². The number of ether oxygens (including phenoxy) is 4. The van der Waals surface area contributed by atoms with Gasteiger partial charge in [0.1, 0.15) is 29.4 Å². The summed E-state index contributed by atoms with van der Waals surface area (Å²) in [4.78, 5) is 12.3. The monoisotopic (exact) mass is 314 g/mol. The first-order valence-corrected chi connectivity index (χ1v) is 7.29. The first-order valence-electron chi connectivity index (χ1n) is 7.29. The number of fused-ring (bicyclic) bond motifs is 1. The van der Waals surface area contributed by atoms with E-state index in [1.165, 1.54) is 0 Å². The molecule has 2 aromatic carbocycles. The fraction of sp³-hybridized carbons (Fsp3) is 0.278. The minimum Gasteiger partial charge on any atom is -0.496 e. The van der Waals surface area contributed by atoms with Crippen LogP contribution in [0.1, 0.15) is 29.8 Å². The van der Waals surface area contributed by atoms with Gasteiger partial charge in [0.2, 0.25) is 5.79 Å². The second-order valence-electron chi connectivity index (χ2n) is 5.66. The van der Waals surface area contributed by atoms with Gasteiger partial charge in [0.25, 0.3) is 0 Å². The number of benzene rings is 2. The Morgan fingerprint density at radius 2 is 1.83 bits per heavy atom. The van der Waals surface area contributed by atoms with Gasteiger partial charge in [0.15, 0.2) is 0 Å². The molecule has 3 rings (SSSR count). The summed E-state index contributed by atoms with van der Waals surface area (Å²) in [6, 6.07) is 13.0. The first-order chi connectivity index (χ1) is 11.0. The molecule has 0 atom stereocenters. The summed E-state index contributed by atoms with van der Waals surface area (Å²) in [5.41, 5.74) is 1.27. The van der Waals surface area contributed by atoms with Crippen LogP contribution in [-0.2, 0) is 11.3 Å². The fourth-order valence-electron chi connectivity index (χ4n) is 2.37. The molecule has 0 unspecified atom stereocenters. The van der Waals surface area contributed by atoms with Crippen LogP contribution in [0.2, 0.25) is 0 Å². The molecule has 0 spiro atoms. The van der Waals surface area contributed by atoms with Crippen molar-refractivity contribution in [2.45, 2.75) is 26.2 Å². The number of carbonyl (C=O) groups is 1. The van der Waals surface area contributed by atoms with E-state index < -0.39 is 11.8 Å². The highest BCUT2D eigenvalue weighted by Gasteiger charge is 2.36. The molecule has 0 N–H and O–H groups in total. The zero-order valence-corrected chi connectivity index (χ0v) is 13.3. The zero-order chi connectivity index (χ0) is 16.4. The Bertz CT molecular complexity index is 722. The van der Waals surface area contributed by atoms with E-state index in [-0.39, 0.29) is 5.56 Å². The lowest BCUT2D eigenvalue weighted by atomic mass is 10.1. The number of esters is 1. The standard InChI is InChI=1S/C18H18O5/c1-18(2)22-15-10-13(20-3)9-14(16(15)17(19)23-18)21-11-12-7-5-4-6-8-12/h4-10H,11H2,1-3H3. The van der Waals surface area contributed by atoms with E-state index in [0.29, 0.717) is 23.9 Å². The molecule has 0 aromatic heterocycles. The van der Waals surface area contributed by atoms with Gasteiger partial charge in [-0.25, -0.2) is 4.79 Å². The highest BCUT2D eigenvalue weighted by atomic mass is 16.7. The number of methoxy groups -OCH3 is 1. The first kappa shape index (κ1) is 15.2. The van der Waals surface area contributed by atoms with Crippen molar-refractivity contribution in [3.8, 4) is 17.2 Å².